The van der Waals surface area contributed by atoms with Crippen LogP contribution in [0, 0.1) is 0 Å². The molecule has 0 bridgehead atoms. The molecule has 0 N–H and O–H groups in total. The molecule has 1 nitrogen and oxygen atoms in total. The zero-order chi connectivity index (χ0) is 16.0. The zero-order valence-electron chi connectivity index (χ0n) is 14.1. The van der Waals surface area contributed by atoms with Gasteiger partial charge in [-0.2, -0.15) is 0 Å². The van der Waals surface area contributed by atoms with Crippen LogP contribution in [0.4, 0.5) is 17.1 Å². The van der Waals surface area contributed by atoms with Gasteiger partial charge in [-0.3, -0.25) is 0 Å². The number of halogens is 1. The summed E-state index contributed by atoms with van der Waals surface area (Å²) in [5.41, 5.74) is 3.95. The van der Waals surface area contributed by atoms with Crippen molar-refractivity contribution in [1.29, 1.82) is 0 Å². The van der Waals surface area contributed by atoms with Crippen molar-refractivity contribution in [2.24, 2.45) is 0 Å². The summed E-state index contributed by atoms with van der Waals surface area (Å²) < 4.78 is 0.774. The van der Waals surface area contributed by atoms with E-state index in [1.54, 1.807) is 0 Å². The van der Waals surface area contributed by atoms with Crippen LogP contribution < -0.4 is 21.5 Å². The molecule has 0 aliphatic carbocycles. The average molecular weight is 382 g/mol. The highest BCUT2D eigenvalue weighted by Crippen LogP contribution is 2.43. The number of unbranched alkanes of at least 4 members (excludes halogenated alkanes) is 1. The maximum Gasteiger partial charge on any atom is 0.143 e. The Morgan fingerprint density at radius 2 is 0.917 bits per heavy atom. The molecular formula is C22H24BrN. The molecule has 0 aromatic heterocycles. The van der Waals surface area contributed by atoms with Crippen LogP contribution >= 0.6 is 0 Å². The maximum absolute atomic E-state index is 2.26. The van der Waals surface area contributed by atoms with Crippen LogP contribution in [0.5, 0.6) is 0 Å². The van der Waals surface area contributed by atoms with Crippen molar-refractivity contribution < 1.29 is 17.0 Å². The Morgan fingerprint density at radius 1 is 0.583 bits per heavy atom. The molecule has 0 spiro atoms. The quantitative estimate of drug-likeness (QED) is 0.573. The van der Waals surface area contributed by atoms with E-state index in [1.165, 1.54) is 29.9 Å². The van der Waals surface area contributed by atoms with E-state index in [2.05, 4.69) is 97.9 Å². The largest absolute Gasteiger partial charge is 1.00 e. The van der Waals surface area contributed by atoms with Gasteiger partial charge in [-0.05, 0) is 42.8 Å². The van der Waals surface area contributed by atoms with Gasteiger partial charge in [-0.15, -0.1) is 0 Å². The van der Waals surface area contributed by atoms with Crippen LogP contribution in [-0.2, 0) is 0 Å². The molecule has 124 valence electrons. The molecular weight excluding hydrogens is 358 g/mol. The van der Waals surface area contributed by atoms with Crippen LogP contribution in [0.3, 0.4) is 0 Å². The maximum atomic E-state index is 2.26. The van der Waals surface area contributed by atoms with Crippen LogP contribution in [0.25, 0.3) is 0 Å². The van der Waals surface area contributed by atoms with Gasteiger partial charge in [0.25, 0.3) is 0 Å². The lowest BCUT2D eigenvalue weighted by molar-refractivity contribution is -0.00000459. The van der Waals surface area contributed by atoms with Crippen molar-refractivity contribution in [1.82, 2.24) is 4.48 Å². The Hall–Kier alpha value is -1.90. The molecule has 0 saturated carbocycles. The fraction of sp³-hybridized carbons (Fsp3) is 0.182. The molecule has 3 aromatic carbocycles. The van der Waals surface area contributed by atoms with Crippen LogP contribution in [0.1, 0.15) is 19.8 Å². The van der Waals surface area contributed by atoms with Gasteiger partial charge < -0.3 is 17.0 Å². The molecule has 0 aliphatic rings. The summed E-state index contributed by atoms with van der Waals surface area (Å²) in [5, 5.41) is 0. The molecule has 3 rings (SSSR count). The monoisotopic (exact) mass is 381 g/mol. The van der Waals surface area contributed by atoms with E-state index < -0.39 is 0 Å². The Morgan fingerprint density at radius 3 is 1.21 bits per heavy atom. The fourth-order valence-electron chi connectivity index (χ4n) is 3.28. The second-order valence-electron chi connectivity index (χ2n) is 5.89. The third-order valence-electron chi connectivity index (χ3n) is 4.44. The molecule has 0 atom stereocenters. The standard InChI is InChI=1S/C22H24N.BrH/c1-2-3-19-23(20-13-7-4-8-14-20,21-15-9-5-10-16-21)22-17-11-6-12-18-22;/h4-18H,2-3,19H2,1H3;1H/q+1;/p-1. The Kier molecular flexibility index (Phi) is 6.77. The van der Waals surface area contributed by atoms with Gasteiger partial charge in [0, 0.05) is 0 Å². The van der Waals surface area contributed by atoms with Crippen molar-refractivity contribution >= 4 is 17.1 Å². The Bertz CT molecular complexity index is 614. The van der Waals surface area contributed by atoms with E-state index in [0.717, 1.165) is 11.0 Å². The molecule has 3 aromatic rings. The molecule has 0 heterocycles. The lowest BCUT2D eigenvalue weighted by Crippen LogP contribution is -3.00. The normalized spacial score (nSPS) is 10.9. The number of benzene rings is 3. The Balaban J connectivity index is 0.00000208. The van der Waals surface area contributed by atoms with Crippen LogP contribution in [-0.4, -0.2) is 6.54 Å². The highest BCUT2D eigenvalue weighted by Gasteiger charge is 2.35. The topological polar surface area (TPSA) is 0 Å². The number of rotatable bonds is 6. The number of hydrogen-bond donors (Lipinski definition) is 0. The molecule has 0 saturated heterocycles. The minimum Gasteiger partial charge on any atom is -1.00 e. The molecule has 0 radical (unpaired) electrons. The van der Waals surface area contributed by atoms with Gasteiger partial charge in [0.2, 0.25) is 0 Å². The minimum absolute atomic E-state index is 0. The van der Waals surface area contributed by atoms with E-state index in [-0.39, 0.29) is 17.0 Å². The second-order valence-corrected chi connectivity index (χ2v) is 5.89. The van der Waals surface area contributed by atoms with Crippen LogP contribution in [0.15, 0.2) is 91.0 Å². The van der Waals surface area contributed by atoms with Crippen molar-refractivity contribution in [3.05, 3.63) is 91.0 Å². The SMILES string of the molecule is CCCC[N+](c1ccccc1)(c1ccccc1)c1ccccc1.[Br-]. The van der Waals surface area contributed by atoms with Gasteiger partial charge in [-0.25, -0.2) is 4.48 Å². The first-order chi connectivity index (χ1) is 11.4. The van der Waals surface area contributed by atoms with Gasteiger partial charge in [-0.1, -0.05) is 67.9 Å². The molecule has 0 aliphatic heterocycles. The van der Waals surface area contributed by atoms with E-state index in [4.69, 9.17) is 0 Å². The summed E-state index contributed by atoms with van der Waals surface area (Å²) in [4.78, 5) is 0. The van der Waals surface area contributed by atoms with E-state index in [1.807, 2.05) is 0 Å². The third kappa shape index (κ3) is 3.61. The van der Waals surface area contributed by atoms with E-state index in [0.29, 0.717) is 0 Å². The molecule has 0 amide bonds. The first-order valence-corrected chi connectivity index (χ1v) is 8.43. The number of quaternary nitrogens is 1. The summed E-state index contributed by atoms with van der Waals surface area (Å²) in [6, 6.07) is 32.6. The fourth-order valence-corrected chi connectivity index (χ4v) is 3.28. The highest BCUT2D eigenvalue weighted by atomic mass is 79.9. The number of hydrogen-bond acceptors (Lipinski definition) is 0. The van der Waals surface area contributed by atoms with Crippen molar-refractivity contribution in [2.75, 3.05) is 6.54 Å². The summed E-state index contributed by atoms with van der Waals surface area (Å²) in [7, 11) is 0. The first kappa shape index (κ1) is 18.4. The molecule has 0 fully saturated rings. The molecule has 0 unspecified atom stereocenters. The lowest BCUT2D eigenvalue weighted by Gasteiger charge is -2.37. The first-order valence-electron chi connectivity index (χ1n) is 8.43. The minimum atomic E-state index is 0. The predicted octanol–water partition coefficient (Wildman–Crippen LogP) is 3.46. The predicted molar refractivity (Wildman–Crippen MR) is 100 cm³/mol. The Labute approximate surface area is 155 Å². The summed E-state index contributed by atoms with van der Waals surface area (Å²) in [6.45, 7) is 3.32. The van der Waals surface area contributed by atoms with Gasteiger partial charge >= 0.3 is 0 Å². The van der Waals surface area contributed by atoms with Crippen molar-refractivity contribution in [2.45, 2.75) is 19.8 Å². The van der Waals surface area contributed by atoms with Crippen molar-refractivity contribution in [3.8, 4) is 0 Å². The molecule has 24 heavy (non-hydrogen) atoms. The van der Waals surface area contributed by atoms with Crippen LogP contribution in [0.2, 0.25) is 0 Å². The summed E-state index contributed by atoms with van der Waals surface area (Å²) in [6.07, 6.45) is 2.37. The molecule has 2 heteroatoms. The van der Waals surface area contributed by atoms with E-state index >= 15 is 0 Å². The number of para-hydroxylation sites is 3. The lowest BCUT2D eigenvalue weighted by atomic mass is 10.1. The third-order valence-corrected chi connectivity index (χ3v) is 4.44. The zero-order valence-corrected chi connectivity index (χ0v) is 15.7. The smallest absolute Gasteiger partial charge is 0.143 e. The average Bonchev–Trinajstić information content (AvgIpc) is 2.65. The van der Waals surface area contributed by atoms with Gasteiger partial charge in [0.05, 0.1) is 6.54 Å². The number of nitrogens with zero attached hydrogens (tertiary/aromatic N) is 1. The van der Waals surface area contributed by atoms with E-state index in [9.17, 15) is 0 Å². The highest BCUT2D eigenvalue weighted by molar-refractivity contribution is 5.70. The summed E-state index contributed by atoms with van der Waals surface area (Å²) in [5.74, 6) is 0. The van der Waals surface area contributed by atoms with Gasteiger partial charge in [0.1, 0.15) is 17.1 Å². The second kappa shape index (κ2) is 8.81. The van der Waals surface area contributed by atoms with Crippen molar-refractivity contribution in [3.63, 3.8) is 0 Å². The summed E-state index contributed by atoms with van der Waals surface area (Å²) >= 11 is 0. The van der Waals surface area contributed by atoms with Gasteiger partial charge in [0.15, 0.2) is 0 Å².